The molecule has 4 rings (SSSR count). The molecule has 5 heteroatoms. The second-order valence-corrected chi connectivity index (χ2v) is 5.53. The number of allylic oxidation sites excluding steroid dienone is 6. The summed E-state index contributed by atoms with van der Waals surface area (Å²) >= 11 is 0. The molecular formula is C16H15N3O2. The molecule has 1 heterocycles. The summed E-state index contributed by atoms with van der Waals surface area (Å²) in [5, 5.41) is 12.3. The first-order valence-corrected chi connectivity index (χ1v) is 7.02. The predicted molar refractivity (Wildman–Crippen MR) is 77.2 cm³/mol. The zero-order valence-electron chi connectivity index (χ0n) is 11.4. The number of aromatic amines is 1. The number of imidazole rings is 1. The van der Waals surface area contributed by atoms with E-state index in [2.05, 4.69) is 21.4 Å². The van der Waals surface area contributed by atoms with E-state index in [1.165, 1.54) is 16.7 Å². The molecule has 1 fully saturated rings. The van der Waals surface area contributed by atoms with Crippen LogP contribution in [0.1, 0.15) is 12.1 Å². The molecule has 1 atom stereocenters. The minimum Gasteiger partial charge on any atom is -0.394 e. The predicted octanol–water partition coefficient (Wildman–Crippen LogP) is 0.936. The van der Waals surface area contributed by atoms with E-state index in [4.69, 9.17) is 0 Å². The van der Waals surface area contributed by atoms with Gasteiger partial charge in [-0.25, -0.2) is 4.98 Å². The Morgan fingerprint density at radius 2 is 2.33 bits per heavy atom. The van der Waals surface area contributed by atoms with Crippen LogP contribution in [0, 0.1) is 0 Å². The van der Waals surface area contributed by atoms with E-state index < -0.39 is 0 Å². The van der Waals surface area contributed by atoms with E-state index in [-0.39, 0.29) is 18.6 Å². The van der Waals surface area contributed by atoms with Crippen molar-refractivity contribution in [1.29, 1.82) is 0 Å². The van der Waals surface area contributed by atoms with Gasteiger partial charge in [0, 0.05) is 23.9 Å². The number of amides is 1. The fourth-order valence-corrected chi connectivity index (χ4v) is 2.92. The number of hydrogen-bond donors (Lipinski definition) is 3. The number of nitrogens with zero attached hydrogens (tertiary/aromatic N) is 1. The van der Waals surface area contributed by atoms with Crippen molar-refractivity contribution in [3.8, 4) is 0 Å². The molecule has 0 spiro atoms. The number of rotatable bonds is 5. The quantitative estimate of drug-likeness (QED) is 0.751. The number of hydrogen-bond acceptors (Lipinski definition) is 3. The van der Waals surface area contributed by atoms with Gasteiger partial charge in [-0.05, 0) is 40.9 Å². The Morgan fingerprint density at radius 1 is 1.43 bits per heavy atom. The summed E-state index contributed by atoms with van der Waals surface area (Å²) in [5.41, 5.74) is 6.54. The molecule has 3 aliphatic carbocycles. The van der Waals surface area contributed by atoms with Gasteiger partial charge in [0.25, 0.3) is 5.91 Å². The molecule has 0 bridgehead atoms. The summed E-state index contributed by atoms with van der Waals surface area (Å²) in [4.78, 5) is 19.3. The Balaban J connectivity index is 1.49. The highest BCUT2D eigenvalue weighted by Crippen LogP contribution is 2.51. The number of fused-ring (bicyclic) bond motifs is 2. The van der Waals surface area contributed by atoms with Crippen LogP contribution in [-0.2, 0) is 11.2 Å². The Bertz CT molecular complexity index is 736. The zero-order valence-corrected chi connectivity index (χ0v) is 11.4. The third kappa shape index (κ3) is 2.06. The molecule has 3 aliphatic rings. The minimum absolute atomic E-state index is 0.105. The number of aliphatic hydroxyl groups excluding tert-OH is 1. The second kappa shape index (κ2) is 4.56. The van der Waals surface area contributed by atoms with Crippen molar-refractivity contribution in [1.82, 2.24) is 15.3 Å². The molecule has 0 saturated heterocycles. The third-order valence-corrected chi connectivity index (χ3v) is 4.09. The molecule has 106 valence electrons. The van der Waals surface area contributed by atoms with Crippen LogP contribution < -0.4 is 5.32 Å². The Labute approximate surface area is 121 Å². The molecule has 1 amide bonds. The van der Waals surface area contributed by atoms with Crippen molar-refractivity contribution in [2.24, 2.45) is 0 Å². The minimum atomic E-state index is -0.320. The molecule has 0 aromatic carbocycles. The number of carbonyl (C=O) groups excluding carboxylic acids is 1. The maximum Gasteiger partial charge on any atom is 0.252 e. The van der Waals surface area contributed by atoms with E-state index in [1.807, 2.05) is 12.2 Å². The standard InChI is InChI=1S/C16H15N3O2/c20-7-11(5-10-6-17-8-18-10)19-16(21)13-2-1-12-14-3-9(14)4-15(12)13/h1-2,4,6,8,11,20H,3,5,7H2,(H,17,18)(H,19,21)/t11-/m1/s1. The first-order chi connectivity index (χ1) is 10.3. The van der Waals surface area contributed by atoms with Gasteiger partial charge in [0.1, 0.15) is 0 Å². The van der Waals surface area contributed by atoms with E-state index in [1.54, 1.807) is 12.5 Å². The Morgan fingerprint density at radius 3 is 3.10 bits per heavy atom. The fourth-order valence-electron chi connectivity index (χ4n) is 2.92. The van der Waals surface area contributed by atoms with Crippen molar-refractivity contribution in [2.75, 3.05) is 6.61 Å². The lowest BCUT2D eigenvalue weighted by Gasteiger charge is -2.16. The average Bonchev–Trinajstić information content (AvgIpc) is 2.89. The maximum absolute atomic E-state index is 12.4. The maximum atomic E-state index is 12.4. The highest BCUT2D eigenvalue weighted by atomic mass is 16.3. The van der Waals surface area contributed by atoms with Gasteiger partial charge in [-0.3, -0.25) is 4.79 Å². The normalized spacial score (nSPS) is 19.6. The largest absolute Gasteiger partial charge is 0.394 e. The van der Waals surface area contributed by atoms with E-state index in [0.29, 0.717) is 12.0 Å². The fraction of sp³-hybridized carbons (Fsp3) is 0.250. The van der Waals surface area contributed by atoms with Gasteiger partial charge in [0.2, 0.25) is 0 Å². The number of nitrogens with one attached hydrogen (secondary N) is 2. The third-order valence-electron chi connectivity index (χ3n) is 4.09. The lowest BCUT2D eigenvalue weighted by atomic mass is 10.1. The van der Waals surface area contributed by atoms with Crippen molar-refractivity contribution in [3.05, 3.63) is 64.3 Å². The van der Waals surface area contributed by atoms with Crippen molar-refractivity contribution in [2.45, 2.75) is 18.9 Å². The number of H-pyrrole nitrogens is 1. The summed E-state index contributed by atoms with van der Waals surface area (Å²) in [6.07, 6.45) is 10.9. The highest BCUT2D eigenvalue weighted by Gasteiger charge is 2.35. The van der Waals surface area contributed by atoms with Crippen LogP contribution >= 0.6 is 0 Å². The van der Waals surface area contributed by atoms with Gasteiger partial charge in [0.15, 0.2) is 0 Å². The van der Waals surface area contributed by atoms with Gasteiger partial charge >= 0.3 is 0 Å². The Hall–Kier alpha value is -2.40. The SMILES string of the molecule is O=C(N[C@@H](CO)Cc1cnc[nH]1)C1=C2C=C3CC3=C2C=C1. The molecule has 0 radical (unpaired) electrons. The van der Waals surface area contributed by atoms with Crippen molar-refractivity contribution in [3.63, 3.8) is 0 Å². The van der Waals surface area contributed by atoms with Crippen LogP contribution in [0.25, 0.3) is 0 Å². The van der Waals surface area contributed by atoms with Crippen LogP contribution in [-0.4, -0.2) is 33.6 Å². The van der Waals surface area contributed by atoms with Gasteiger partial charge < -0.3 is 15.4 Å². The van der Waals surface area contributed by atoms with Gasteiger partial charge in [0.05, 0.1) is 19.0 Å². The number of carbonyl (C=O) groups is 1. The molecule has 1 aromatic heterocycles. The zero-order chi connectivity index (χ0) is 14.4. The van der Waals surface area contributed by atoms with Crippen LogP contribution in [0.3, 0.4) is 0 Å². The van der Waals surface area contributed by atoms with Crippen molar-refractivity contribution >= 4 is 5.91 Å². The Kier molecular flexibility index (Phi) is 2.68. The topological polar surface area (TPSA) is 78.0 Å². The smallest absolute Gasteiger partial charge is 0.252 e. The molecular weight excluding hydrogens is 266 g/mol. The molecule has 0 aliphatic heterocycles. The van der Waals surface area contributed by atoms with Gasteiger partial charge in [-0.15, -0.1) is 0 Å². The first-order valence-electron chi connectivity index (χ1n) is 7.02. The summed E-state index contributed by atoms with van der Waals surface area (Å²) in [6.45, 7) is -0.105. The molecule has 1 saturated carbocycles. The van der Waals surface area contributed by atoms with Gasteiger partial charge in [-0.2, -0.15) is 0 Å². The van der Waals surface area contributed by atoms with Crippen molar-refractivity contribution < 1.29 is 9.90 Å². The molecule has 0 unspecified atom stereocenters. The highest BCUT2D eigenvalue weighted by molar-refractivity contribution is 6.02. The molecule has 21 heavy (non-hydrogen) atoms. The summed E-state index contributed by atoms with van der Waals surface area (Å²) in [5.74, 6) is -0.131. The summed E-state index contributed by atoms with van der Waals surface area (Å²) in [6, 6.07) is -0.320. The number of aromatic nitrogens is 2. The van der Waals surface area contributed by atoms with Crippen LogP contribution in [0.4, 0.5) is 0 Å². The lowest BCUT2D eigenvalue weighted by Crippen LogP contribution is -2.39. The van der Waals surface area contributed by atoms with E-state index >= 15 is 0 Å². The second-order valence-electron chi connectivity index (χ2n) is 5.53. The first kappa shape index (κ1) is 12.3. The van der Waals surface area contributed by atoms with Crippen LogP contribution in [0.5, 0.6) is 0 Å². The monoisotopic (exact) mass is 281 g/mol. The molecule has 3 N–H and O–H groups in total. The van der Waals surface area contributed by atoms with Crippen LogP contribution in [0.2, 0.25) is 0 Å². The number of aliphatic hydroxyl groups is 1. The molecule has 1 aromatic rings. The van der Waals surface area contributed by atoms with E-state index in [0.717, 1.165) is 17.7 Å². The summed E-state index contributed by atoms with van der Waals surface area (Å²) < 4.78 is 0. The summed E-state index contributed by atoms with van der Waals surface area (Å²) in [7, 11) is 0. The van der Waals surface area contributed by atoms with E-state index in [9.17, 15) is 9.90 Å². The molecule has 5 nitrogen and oxygen atoms in total. The van der Waals surface area contributed by atoms with Crippen LogP contribution in [0.15, 0.2) is 58.6 Å². The lowest BCUT2D eigenvalue weighted by molar-refractivity contribution is -0.118. The van der Waals surface area contributed by atoms with Gasteiger partial charge in [-0.1, -0.05) is 6.08 Å². The average molecular weight is 281 g/mol.